The molecule has 0 aliphatic heterocycles. The molecule has 0 radical (unpaired) electrons. The number of halogens is 2. The van der Waals surface area contributed by atoms with Gasteiger partial charge in [-0.15, -0.1) is 32.1 Å². The Balaban J connectivity index is 0.000000258. The molecule has 5 N–H and O–H groups in total. The molecule has 5 aliphatic rings. The first-order valence-electron chi connectivity index (χ1n) is 49.4. The van der Waals surface area contributed by atoms with E-state index in [-0.39, 0.29) is 121 Å². The number of para-hydroxylation sites is 1. The van der Waals surface area contributed by atoms with E-state index in [0.717, 1.165) is 202 Å². The second-order valence-corrected chi connectivity index (χ2v) is 37.7. The first-order chi connectivity index (χ1) is 65.1. The van der Waals surface area contributed by atoms with Crippen molar-refractivity contribution in [2.75, 3.05) is 72.6 Å². The quantitative estimate of drug-likeness (QED) is 0.0140. The van der Waals surface area contributed by atoms with Crippen LogP contribution in [0.3, 0.4) is 0 Å². The second-order valence-electron chi connectivity index (χ2n) is 35.7. The van der Waals surface area contributed by atoms with Gasteiger partial charge in [0.05, 0.1) is 56.5 Å². The SMILES string of the molecule is C#CCN(C(=O)c1ccc(C)cc1)C(C(=O)NCCCC)C1CCCCC1.C#CCN(C(=O)c1ccccc1)C(C(=O)NCCCC)C1CCCCC1.C#CCN(C(=O)c1ccccc1Br)C(C(=O)NCCCC)C1CCCCC1.C#CCN(C(=O)c1ccccc1I)C(C(=O)NCCCC)C1CCCC1.C#CCN(C(=O)c1ccccc1OC)C(C(=O)NCCCC)C1CCCCC1. The summed E-state index contributed by atoms with van der Waals surface area (Å²) in [6.07, 6.45) is 62.9. The Kier molecular flexibility index (Phi) is 54.1. The van der Waals surface area contributed by atoms with Crippen LogP contribution in [-0.2, 0) is 24.0 Å². The molecule has 5 aromatic rings. The van der Waals surface area contributed by atoms with Crippen molar-refractivity contribution < 1.29 is 52.7 Å². The third-order valence-electron chi connectivity index (χ3n) is 25.9. The Hall–Kier alpha value is -10.4. The predicted octanol–water partition coefficient (Wildman–Crippen LogP) is 19.4. The zero-order valence-electron chi connectivity index (χ0n) is 80.9. The number of carbonyl (C=O) groups is 10. The van der Waals surface area contributed by atoms with Crippen LogP contribution in [0, 0.1) is 102 Å². The van der Waals surface area contributed by atoms with Crippen LogP contribution < -0.4 is 31.3 Å². The fraction of sp³-hybridized carbons (Fsp3) is 0.550. The molecule has 5 unspecified atom stereocenters. The van der Waals surface area contributed by atoms with Crippen LogP contribution in [0.1, 0.15) is 310 Å². The van der Waals surface area contributed by atoms with Crippen molar-refractivity contribution in [2.24, 2.45) is 29.6 Å². The zero-order valence-corrected chi connectivity index (χ0v) is 84.6. The molecule has 5 atom stereocenters. The van der Waals surface area contributed by atoms with Crippen LogP contribution >= 0.6 is 38.5 Å². The van der Waals surface area contributed by atoms with E-state index in [4.69, 9.17) is 36.9 Å². The molecule has 134 heavy (non-hydrogen) atoms. The normalized spacial score (nSPS) is 15.5. The van der Waals surface area contributed by atoms with Gasteiger partial charge >= 0.3 is 0 Å². The first-order valence-corrected chi connectivity index (χ1v) is 51.3. The molecule has 10 rings (SSSR count). The third kappa shape index (κ3) is 36.0. The lowest BCUT2D eigenvalue weighted by atomic mass is 9.82. The number of rotatable bonds is 41. The first kappa shape index (κ1) is 112. The highest BCUT2D eigenvalue weighted by Gasteiger charge is 2.44. The van der Waals surface area contributed by atoms with Gasteiger partial charge in [0.1, 0.15) is 36.0 Å². The molecule has 0 saturated heterocycles. The Morgan fingerprint density at radius 3 is 0.873 bits per heavy atom. The number of benzene rings is 5. The van der Waals surface area contributed by atoms with Crippen molar-refractivity contribution in [3.8, 4) is 67.5 Å². The minimum atomic E-state index is -0.550. The molecule has 5 aromatic carbocycles. The minimum absolute atomic E-state index is 0.0638. The van der Waals surface area contributed by atoms with Crippen molar-refractivity contribution in [1.82, 2.24) is 51.1 Å². The Labute approximate surface area is 824 Å². The zero-order chi connectivity index (χ0) is 97.4. The molecule has 5 saturated carbocycles. The van der Waals surface area contributed by atoms with Crippen LogP contribution in [-0.4, -0.2) is 186 Å². The molecule has 0 aromatic heterocycles. The standard InChI is InChI=1S/C23H32N2O3.C23H32N2O2.C22H29BrN2O2.C22H30N2O2.C21H27IN2O2/c1-4-6-16-24-22(26)21(18-12-8-7-9-13-18)25(17-5-2)23(27)19-14-10-11-15-20(19)28-3;1-4-6-16-24-22(26)21(19-10-8-7-9-11-19)25(17-5-2)23(27)20-14-12-18(3)13-15-20;1-3-5-15-24-21(26)20(17-11-7-6-8-12-17)25(16-4-2)22(27)18-13-9-10-14-19(18)23;1-3-5-16-23-21(25)20(18-12-8-6-9-13-18)24(17-4-2)22(26)19-14-10-7-11-15-19;1-3-5-14-23-20(25)19(16-10-6-7-11-16)24(15-4-2)21(26)17-12-8-9-13-18(17)22/h2,10-11,14-15,18,21H,4,6-9,12-13,16-17H2,1,3H3,(H,24,26);2,12-15,19,21H,4,6-11,16-17H2,1,3H3,(H,24,26);2,9-10,13-14,17,20H,3,5-8,11-12,15-16H2,1H3,(H,24,26);2,7,10-11,14-15,18,20H,3,5-6,8-9,12-13,16-17H2,1H3,(H,23,25);2,8-9,12-13,16,19H,3,5-7,10-11,14-15H2,1H3,(H,23,25). The fourth-order valence-corrected chi connectivity index (χ4v) is 19.8. The summed E-state index contributed by atoms with van der Waals surface area (Å²) in [6, 6.07) is 35.8. The number of terminal acetylenes is 5. The van der Waals surface area contributed by atoms with E-state index in [0.29, 0.717) is 70.8 Å². The summed E-state index contributed by atoms with van der Waals surface area (Å²) in [7, 11) is 1.54. The molecule has 0 heterocycles. The molecule has 21 nitrogen and oxygen atoms in total. The van der Waals surface area contributed by atoms with Gasteiger partial charge in [-0.2, -0.15) is 0 Å². The number of hydrogen-bond donors (Lipinski definition) is 5. The predicted molar refractivity (Wildman–Crippen MR) is 550 cm³/mol. The van der Waals surface area contributed by atoms with Crippen LogP contribution in [0.5, 0.6) is 5.75 Å². The minimum Gasteiger partial charge on any atom is -0.496 e. The number of amides is 10. The van der Waals surface area contributed by atoms with Crippen molar-refractivity contribution in [3.05, 3.63) is 169 Å². The number of nitrogens with one attached hydrogen (secondary N) is 5. The summed E-state index contributed by atoms with van der Waals surface area (Å²) in [5.74, 6) is 12.9. The Bertz CT molecular complexity index is 4650. The van der Waals surface area contributed by atoms with E-state index in [1.54, 1.807) is 67.0 Å². The molecular weight excluding hydrogens is 1860 g/mol. The number of methoxy groups -OCH3 is 1. The average Bonchev–Trinajstić information content (AvgIpc) is 0.897. The highest BCUT2D eigenvalue weighted by molar-refractivity contribution is 14.1. The van der Waals surface area contributed by atoms with Crippen molar-refractivity contribution in [3.63, 3.8) is 0 Å². The van der Waals surface area contributed by atoms with E-state index in [1.807, 2.05) is 91.9 Å². The van der Waals surface area contributed by atoms with Gasteiger partial charge in [0, 0.05) is 51.9 Å². The van der Waals surface area contributed by atoms with Gasteiger partial charge in [-0.25, -0.2) is 0 Å². The van der Waals surface area contributed by atoms with Crippen LogP contribution in [0.25, 0.3) is 0 Å². The van der Waals surface area contributed by atoms with E-state index in [1.165, 1.54) is 32.8 Å². The lowest BCUT2D eigenvalue weighted by Gasteiger charge is -2.37. The summed E-state index contributed by atoms with van der Waals surface area (Å²) < 4.78 is 6.94. The van der Waals surface area contributed by atoms with Gasteiger partial charge in [-0.05, 0) is 232 Å². The lowest BCUT2D eigenvalue weighted by Crippen LogP contribution is -2.54. The van der Waals surface area contributed by atoms with Gasteiger partial charge in [0.2, 0.25) is 29.5 Å². The van der Waals surface area contributed by atoms with E-state index >= 15 is 0 Å². The van der Waals surface area contributed by atoms with E-state index in [9.17, 15) is 47.9 Å². The van der Waals surface area contributed by atoms with Crippen LogP contribution in [0.15, 0.2) is 132 Å². The molecule has 5 fully saturated rings. The van der Waals surface area contributed by atoms with Crippen LogP contribution in [0.4, 0.5) is 0 Å². The molecule has 23 heteroatoms. The highest BCUT2D eigenvalue weighted by atomic mass is 127. The average molecular weight is 2010 g/mol. The van der Waals surface area contributed by atoms with Gasteiger partial charge in [0.15, 0.2) is 0 Å². The monoisotopic (exact) mass is 2000 g/mol. The number of unbranched alkanes of at least 4 members (excludes halogenated alkanes) is 5. The van der Waals surface area contributed by atoms with Gasteiger partial charge < -0.3 is 55.8 Å². The number of hydrogen-bond acceptors (Lipinski definition) is 11. The lowest BCUT2D eigenvalue weighted by molar-refractivity contribution is -0.128. The molecule has 0 bridgehead atoms. The largest absolute Gasteiger partial charge is 0.496 e. The maximum Gasteiger partial charge on any atom is 0.259 e. The topological polar surface area (TPSA) is 256 Å². The van der Waals surface area contributed by atoms with E-state index < -0.39 is 30.2 Å². The number of ether oxygens (including phenoxy) is 1. The smallest absolute Gasteiger partial charge is 0.259 e. The molecule has 10 amide bonds. The Morgan fingerprint density at radius 2 is 0.582 bits per heavy atom. The Morgan fingerprint density at radius 1 is 0.336 bits per heavy atom. The maximum absolute atomic E-state index is 13.4. The van der Waals surface area contributed by atoms with Crippen molar-refractivity contribution in [2.45, 2.75) is 290 Å². The van der Waals surface area contributed by atoms with Crippen LogP contribution in [0.2, 0.25) is 0 Å². The van der Waals surface area contributed by atoms with Gasteiger partial charge in [0.25, 0.3) is 29.5 Å². The number of nitrogens with zero attached hydrogens (tertiary/aromatic N) is 5. The fourth-order valence-electron chi connectivity index (χ4n) is 18.7. The molecule has 724 valence electrons. The number of aryl methyl sites for hydroxylation is 1. The molecule has 5 aliphatic carbocycles. The number of carbonyl (C=O) groups excluding carboxylic acids is 10. The van der Waals surface area contributed by atoms with Gasteiger partial charge in [-0.1, -0.05) is 259 Å². The molecular formula is C111H150BrIN10O11. The maximum atomic E-state index is 13.4. The summed E-state index contributed by atoms with van der Waals surface area (Å²) >= 11 is 5.60. The van der Waals surface area contributed by atoms with E-state index in [2.05, 4.69) is 129 Å². The third-order valence-corrected chi connectivity index (χ3v) is 27.5. The van der Waals surface area contributed by atoms with Crippen molar-refractivity contribution >= 4 is 97.6 Å². The second kappa shape index (κ2) is 64.5. The van der Waals surface area contributed by atoms with Crippen molar-refractivity contribution in [1.29, 1.82) is 0 Å². The summed E-state index contributed by atoms with van der Waals surface area (Å²) in [4.78, 5) is 139. The van der Waals surface area contributed by atoms with Gasteiger partial charge in [-0.3, -0.25) is 47.9 Å². The summed E-state index contributed by atoms with van der Waals surface area (Å²) in [5.41, 5.74) is 3.82. The molecule has 0 spiro atoms. The summed E-state index contributed by atoms with van der Waals surface area (Å²) in [6.45, 7) is 16.3. The highest BCUT2D eigenvalue weighted by Crippen LogP contribution is 2.37. The summed E-state index contributed by atoms with van der Waals surface area (Å²) in [5, 5.41) is 15.1.